The van der Waals surface area contributed by atoms with Gasteiger partial charge in [-0.15, -0.1) is 0 Å². The maximum absolute atomic E-state index is 4.96. The molecule has 0 aromatic heterocycles. The molecule has 0 fully saturated rings. The van der Waals surface area contributed by atoms with Crippen LogP contribution in [0.1, 0.15) is 15.6 Å². The van der Waals surface area contributed by atoms with Crippen molar-refractivity contribution in [3.05, 3.63) is 42.5 Å². The predicted molar refractivity (Wildman–Crippen MR) is 47.9 cm³/mol. The van der Waals surface area contributed by atoms with Gasteiger partial charge in [-0.05, 0) is 6.92 Å². The number of benzene rings is 1. The van der Waals surface area contributed by atoms with Crippen molar-refractivity contribution in [1.82, 2.24) is 0 Å². The third-order valence-corrected chi connectivity index (χ3v) is 1.60. The molecule has 0 N–H and O–H groups in total. The molecule has 0 spiro atoms. The average Bonchev–Trinajstić information content (AvgIpc) is 2.10. The Balaban J connectivity index is 2.96. The van der Waals surface area contributed by atoms with Gasteiger partial charge in [-0.1, -0.05) is 29.8 Å². The molecule has 0 aliphatic heterocycles. The lowest BCUT2D eigenvalue weighted by molar-refractivity contribution is -0.199. The van der Waals surface area contributed by atoms with Crippen molar-refractivity contribution in [1.29, 1.82) is 0 Å². The number of ether oxygens (including phenoxy) is 1. The van der Waals surface area contributed by atoms with E-state index in [9.17, 15) is 0 Å². The number of hydrogen-bond acceptors (Lipinski definition) is 1. The fraction of sp³-hybridized carbons (Fsp3) is 0.200. The highest BCUT2D eigenvalue weighted by atomic mass is 16.6. The number of hydrogen-bond donors (Lipinski definition) is 0. The summed E-state index contributed by atoms with van der Waals surface area (Å²) in [6.07, 6.45) is 0. The van der Waals surface area contributed by atoms with Crippen molar-refractivity contribution in [2.75, 3.05) is 7.11 Å². The van der Waals surface area contributed by atoms with E-state index in [2.05, 4.69) is 7.11 Å². The van der Waals surface area contributed by atoms with E-state index in [-0.39, 0.29) is 0 Å². The first-order valence-electron chi connectivity index (χ1n) is 3.68. The Morgan fingerprint density at radius 2 is 1.92 bits per heavy atom. The van der Waals surface area contributed by atoms with Gasteiger partial charge in [0.25, 0.3) is 0 Å². The van der Waals surface area contributed by atoms with Crippen molar-refractivity contribution in [3.8, 4) is 0 Å². The van der Waals surface area contributed by atoms with Gasteiger partial charge < -0.3 is 9.16 Å². The number of aryl methyl sites for hydroxylation is 1. The molecule has 0 amide bonds. The number of methoxy groups -OCH3 is 1. The van der Waals surface area contributed by atoms with Gasteiger partial charge in [-0.25, -0.2) is 0 Å². The highest BCUT2D eigenvalue weighted by molar-refractivity contribution is 5.89. The van der Waals surface area contributed by atoms with Crippen LogP contribution < -0.4 is 0 Å². The lowest BCUT2D eigenvalue weighted by Gasteiger charge is -2.00. The smallest absolute Gasteiger partial charge is 0.369 e. The summed E-state index contributed by atoms with van der Waals surface area (Å²) in [4.78, 5) is 0. The van der Waals surface area contributed by atoms with Crippen LogP contribution in [0.2, 0.25) is 0 Å². The topological polar surface area (TPSA) is 20.5 Å². The minimum Gasteiger partial charge on any atom is -0.466 e. The van der Waals surface area contributed by atoms with E-state index in [4.69, 9.17) is 9.16 Å². The molecular formula is C10H12O2. The summed E-state index contributed by atoms with van der Waals surface area (Å²) >= 11 is 0. The predicted octanol–water partition coefficient (Wildman–Crippen LogP) is 2.11. The van der Waals surface area contributed by atoms with Crippen LogP contribution in [0.3, 0.4) is 0 Å². The summed E-state index contributed by atoms with van der Waals surface area (Å²) in [5.41, 5.74) is 2.11. The SMILES string of the molecule is [CH2-]/[O+]=C(\OC)c1ccc(C)cc1. The molecule has 12 heavy (non-hydrogen) atoms. The quantitative estimate of drug-likeness (QED) is 0.353. The molecule has 0 unspecified atom stereocenters. The van der Waals surface area contributed by atoms with Crippen LogP contribution in [0, 0.1) is 14.0 Å². The third kappa shape index (κ3) is 1.78. The molecule has 2 heteroatoms. The summed E-state index contributed by atoms with van der Waals surface area (Å²) < 4.78 is 9.73. The molecule has 64 valence electrons. The fourth-order valence-corrected chi connectivity index (χ4v) is 0.950. The van der Waals surface area contributed by atoms with E-state index >= 15 is 0 Å². The van der Waals surface area contributed by atoms with Crippen molar-refractivity contribution in [2.24, 2.45) is 0 Å². The highest BCUT2D eigenvalue weighted by Gasteiger charge is 2.03. The zero-order valence-corrected chi connectivity index (χ0v) is 7.33. The van der Waals surface area contributed by atoms with Crippen molar-refractivity contribution < 1.29 is 9.16 Å². The molecule has 1 aromatic rings. The van der Waals surface area contributed by atoms with Gasteiger partial charge in [0.1, 0.15) is 0 Å². The van der Waals surface area contributed by atoms with Gasteiger partial charge in [0, 0.05) is 12.7 Å². The molecule has 0 bridgehead atoms. The molecule has 0 saturated carbocycles. The van der Waals surface area contributed by atoms with Crippen LogP contribution in [0.15, 0.2) is 24.3 Å². The Hall–Kier alpha value is -1.44. The number of carbonyl (C=O) groups excluding carboxylic acids is 1. The van der Waals surface area contributed by atoms with E-state index in [1.54, 1.807) is 7.11 Å². The van der Waals surface area contributed by atoms with Gasteiger partial charge in [0.2, 0.25) is 0 Å². The maximum atomic E-state index is 4.96. The molecule has 0 radical (unpaired) electrons. The summed E-state index contributed by atoms with van der Waals surface area (Å²) in [5.74, 6) is 0.440. The summed E-state index contributed by atoms with van der Waals surface area (Å²) in [5, 5.41) is 0. The summed E-state index contributed by atoms with van der Waals surface area (Å²) in [7, 11) is 4.85. The summed E-state index contributed by atoms with van der Waals surface area (Å²) in [6, 6.07) is 7.85. The number of esters is 1. The van der Waals surface area contributed by atoms with E-state index in [0.717, 1.165) is 5.56 Å². The first-order chi connectivity index (χ1) is 5.77. The van der Waals surface area contributed by atoms with E-state index in [1.807, 2.05) is 31.2 Å². The van der Waals surface area contributed by atoms with Crippen molar-refractivity contribution >= 4 is 5.97 Å². The zero-order valence-electron chi connectivity index (χ0n) is 7.33. The minimum atomic E-state index is 0.440. The first-order valence-corrected chi connectivity index (χ1v) is 3.68. The zero-order chi connectivity index (χ0) is 8.97. The largest absolute Gasteiger partial charge is 0.466 e. The Morgan fingerprint density at radius 3 is 2.33 bits per heavy atom. The average molecular weight is 164 g/mol. The van der Waals surface area contributed by atoms with E-state index in [0.29, 0.717) is 5.97 Å². The Labute approximate surface area is 72.5 Å². The van der Waals surface area contributed by atoms with Crippen molar-refractivity contribution in [2.45, 2.75) is 6.92 Å². The molecule has 0 saturated heterocycles. The molecule has 1 rings (SSSR count). The van der Waals surface area contributed by atoms with Gasteiger partial charge in [0.15, 0.2) is 7.11 Å². The molecule has 0 aliphatic carbocycles. The molecule has 1 aromatic carbocycles. The monoisotopic (exact) mass is 164 g/mol. The standard InChI is InChI=1S/C10H12O2/c1-8-4-6-9(7-5-8)10(11-2)12-3/h4-7H,2H2,1,3H3. The normalized spacial score (nSPS) is 11.3. The van der Waals surface area contributed by atoms with Crippen LogP contribution in [-0.2, 0) is 4.74 Å². The molecule has 0 atom stereocenters. The number of rotatable bonds is 1. The molecule has 0 aliphatic rings. The second-order valence-corrected chi connectivity index (χ2v) is 2.50. The second-order valence-electron chi connectivity index (χ2n) is 2.50. The minimum absolute atomic E-state index is 0.440. The molecular weight excluding hydrogens is 152 g/mol. The summed E-state index contributed by atoms with van der Waals surface area (Å²) in [6.45, 7) is 2.03. The van der Waals surface area contributed by atoms with Crippen LogP contribution in [0.25, 0.3) is 0 Å². The van der Waals surface area contributed by atoms with E-state index in [1.165, 1.54) is 5.56 Å². The Bertz CT molecular complexity index is 272. The van der Waals surface area contributed by atoms with Crippen LogP contribution >= 0.6 is 0 Å². The fourth-order valence-electron chi connectivity index (χ4n) is 0.950. The lowest BCUT2D eigenvalue weighted by atomic mass is 10.1. The second kappa shape index (κ2) is 3.81. The van der Waals surface area contributed by atoms with Gasteiger partial charge in [-0.3, -0.25) is 0 Å². The Morgan fingerprint density at radius 1 is 1.33 bits per heavy atom. The van der Waals surface area contributed by atoms with Crippen LogP contribution in [0.4, 0.5) is 0 Å². The molecule has 0 heterocycles. The lowest BCUT2D eigenvalue weighted by Crippen LogP contribution is -2.02. The van der Waals surface area contributed by atoms with E-state index < -0.39 is 0 Å². The Kier molecular flexibility index (Phi) is 2.75. The first kappa shape index (κ1) is 8.65. The third-order valence-electron chi connectivity index (χ3n) is 1.60. The maximum Gasteiger partial charge on any atom is 0.369 e. The van der Waals surface area contributed by atoms with Gasteiger partial charge >= 0.3 is 5.97 Å². The van der Waals surface area contributed by atoms with Crippen molar-refractivity contribution in [3.63, 3.8) is 0 Å². The van der Waals surface area contributed by atoms with Gasteiger partial charge in [0.05, 0.1) is 0 Å². The van der Waals surface area contributed by atoms with Gasteiger partial charge in [-0.2, -0.15) is 0 Å². The van der Waals surface area contributed by atoms with Crippen LogP contribution in [-0.4, -0.2) is 13.1 Å². The van der Waals surface area contributed by atoms with Crippen LogP contribution in [0.5, 0.6) is 0 Å². The highest BCUT2D eigenvalue weighted by Crippen LogP contribution is 2.04. The molecule has 2 nitrogen and oxygen atoms in total.